The van der Waals surface area contributed by atoms with E-state index in [1.165, 1.54) is 11.1 Å². The van der Waals surface area contributed by atoms with E-state index in [4.69, 9.17) is 9.97 Å². The number of anilines is 3. The number of nitrogens with zero attached hydrogens (tertiary/aromatic N) is 8. The van der Waals surface area contributed by atoms with E-state index in [1.807, 2.05) is 65.4 Å². The normalized spacial score (nSPS) is 12.7. The predicted molar refractivity (Wildman–Crippen MR) is 171 cm³/mol. The molecule has 1 N–H and O–H groups in total. The van der Waals surface area contributed by atoms with Crippen LogP contribution in [0.2, 0.25) is 0 Å². The third-order valence-electron chi connectivity index (χ3n) is 8.23. The molecule has 0 bridgehead atoms. The number of rotatable bonds is 9. The summed E-state index contributed by atoms with van der Waals surface area (Å²) in [5, 5.41) is 21.2. The number of para-hydroxylation sites is 1. The molecule has 0 saturated carbocycles. The summed E-state index contributed by atoms with van der Waals surface area (Å²) in [5.41, 5.74) is 9.24. The number of aromatic nitrogens is 5. The second kappa shape index (κ2) is 11.1. The topological polar surface area (TPSA) is 110 Å². The Kier molecular flexibility index (Phi) is 7.35. The number of nitro groups is 1. The number of benzene rings is 2. The molecule has 0 radical (unpaired) electrons. The predicted octanol–water partition coefficient (Wildman–Crippen LogP) is 5.71. The first kappa shape index (κ1) is 28.4. The Morgan fingerprint density at radius 2 is 1.88 bits per heavy atom. The third kappa shape index (κ3) is 5.32. The lowest BCUT2D eigenvalue weighted by molar-refractivity contribution is -0.384. The maximum Gasteiger partial charge on any atom is 0.294 e. The van der Waals surface area contributed by atoms with E-state index >= 15 is 0 Å². The average molecular weight is 580 g/mol. The van der Waals surface area contributed by atoms with Gasteiger partial charge in [0.25, 0.3) is 5.69 Å². The minimum absolute atomic E-state index is 0.0335. The van der Waals surface area contributed by atoms with Gasteiger partial charge >= 0.3 is 0 Å². The maximum absolute atomic E-state index is 12.1. The highest BCUT2D eigenvalue weighted by molar-refractivity contribution is 6.00. The molecule has 1 aliphatic rings. The van der Waals surface area contributed by atoms with Crippen LogP contribution in [0.5, 0.6) is 0 Å². The molecule has 0 spiro atoms. The van der Waals surface area contributed by atoms with Crippen LogP contribution < -0.4 is 10.2 Å². The zero-order valence-electron chi connectivity index (χ0n) is 25.5. The molecule has 4 heterocycles. The fraction of sp³-hybridized carbons (Fsp3) is 0.344. The van der Waals surface area contributed by atoms with Crippen LogP contribution in [-0.2, 0) is 20.0 Å². The lowest BCUT2D eigenvalue weighted by Crippen LogP contribution is -2.29. The molecule has 1 aliphatic heterocycles. The van der Waals surface area contributed by atoms with E-state index in [2.05, 4.69) is 44.3 Å². The van der Waals surface area contributed by atoms with Crippen molar-refractivity contribution >= 4 is 33.9 Å². The summed E-state index contributed by atoms with van der Waals surface area (Å²) in [4.78, 5) is 25.6. The Morgan fingerprint density at radius 3 is 2.60 bits per heavy atom. The van der Waals surface area contributed by atoms with E-state index in [0.29, 0.717) is 23.9 Å². The molecule has 0 aliphatic carbocycles. The largest absolute Gasteiger partial charge is 0.368 e. The van der Waals surface area contributed by atoms with Crippen molar-refractivity contribution in [3.8, 4) is 22.4 Å². The van der Waals surface area contributed by atoms with Gasteiger partial charge in [-0.2, -0.15) is 5.10 Å². The van der Waals surface area contributed by atoms with Gasteiger partial charge in [-0.25, -0.2) is 9.97 Å². The van der Waals surface area contributed by atoms with Crippen molar-refractivity contribution in [1.29, 1.82) is 0 Å². The van der Waals surface area contributed by atoms with Crippen LogP contribution in [0.15, 0.2) is 48.9 Å². The Morgan fingerprint density at radius 1 is 1.07 bits per heavy atom. The highest BCUT2D eigenvalue weighted by Crippen LogP contribution is 2.40. The summed E-state index contributed by atoms with van der Waals surface area (Å²) in [6, 6.07) is 9.92. The second-order valence-electron chi connectivity index (χ2n) is 11.7. The van der Waals surface area contributed by atoms with Gasteiger partial charge in [-0.05, 0) is 58.0 Å². The first-order valence-corrected chi connectivity index (χ1v) is 14.5. The Hall–Kier alpha value is -4.77. The molecular weight excluding hydrogens is 542 g/mol. The molecule has 11 nitrogen and oxygen atoms in total. The number of likely N-dealkylation sites (N-methyl/N-ethyl adjacent to an activating group) is 2. The Labute approximate surface area is 250 Å². The van der Waals surface area contributed by atoms with Crippen LogP contribution in [0, 0.1) is 24.0 Å². The van der Waals surface area contributed by atoms with E-state index in [0.717, 1.165) is 65.0 Å². The van der Waals surface area contributed by atoms with Crippen LogP contribution >= 0.6 is 0 Å². The molecule has 11 heteroatoms. The maximum atomic E-state index is 12.1. The Balaban J connectivity index is 1.46. The third-order valence-corrected chi connectivity index (χ3v) is 8.23. The van der Waals surface area contributed by atoms with Crippen LogP contribution in [0.25, 0.3) is 33.3 Å². The molecule has 2 aromatic carbocycles. The number of nitrogens with one attached hydrogen (secondary N) is 1. The zero-order valence-corrected chi connectivity index (χ0v) is 25.5. The first-order valence-electron chi connectivity index (χ1n) is 14.5. The zero-order chi connectivity index (χ0) is 30.4. The van der Waals surface area contributed by atoms with Gasteiger partial charge in [-0.3, -0.25) is 14.8 Å². The molecule has 5 aromatic rings. The quantitative estimate of drug-likeness (QED) is 0.175. The summed E-state index contributed by atoms with van der Waals surface area (Å²) < 4.78 is 4.13. The lowest BCUT2D eigenvalue weighted by Gasteiger charge is -2.22. The molecule has 0 fully saturated rings. The minimum Gasteiger partial charge on any atom is -0.368 e. The fourth-order valence-corrected chi connectivity index (χ4v) is 6.01. The smallest absolute Gasteiger partial charge is 0.294 e. The molecular formula is C32H37N9O2. The van der Waals surface area contributed by atoms with Crippen LogP contribution in [0.1, 0.15) is 23.2 Å². The molecule has 0 unspecified atom stereocenters. The van der Waals surface area contributed by atoms with Gasteiger partial charge in [0.1, 0.15) is 5.69 Å². The van der Waals surface area contributed by atoms with Gasteiger partial charge < -0.3 is 19.7 Å². The van der Waals surface area contributed by atoms with Gasteiger partial charge in [0.05, 0.1) is 27.5 Å². The summed E-state index contributed by atoms with van der Waals surface area (Å²) in [5.74, 6) is 0.373. The van der Waals surface area contributed by atoms with Crippen molar-refractivity contribution < 1.29 is 4.92 Å². The molecule has 43 heavy (non-hydrogen) atoms. The van der Waals surface area contributed by atoms with Crippen LogP contribution in [0.3, 0.4) is 0 Å². The molecule has 222 valence electrons. The molecule has 0 amide bonds. The standard InChI is InChI=1S/C32H37N9O2/c1-20-15-28(38(5)14-13-37(3)4)29(41(42)43)16-27(20)34-32-33-17-24(25-18-39(6)36-21(25)2)30(35-32)26-19-40-12-8-10-22-9-7-11-23(26)31(22)40/h7,9,11,15-19H,8,10,12-14H2,1-6H3,(H,33,34,35). The van der Waals surface area contributed by atoms with Crippen LogP contribution in [-0.4, -0.2) is 68.4 Å². The van der Waals surface area contributed by atoms with Gasteiger partial charge in [-0.1, -0.05) is 18.2 Å². The molecule has 0 saturated heterocycles. The summed E-state index contributed by atoms with van der Waals surface area (Å²) in [7, 11) is 7.76. The lowest BCUT2D eigenvalue weighted by atomic mass is 9.98. The van der Waals surface area contributed by atoms with E-state index in [9.17, 15) is 10.1 Å². The second-order valence-corrected chi connectivity index (χ2v) is 11.7. The average Bonchev–Trinajstić information content (AvgIpc) is 3.52. The van der Waals surface area contributed by atoms with Crippen molar-refractivity contribution in [2.75, 3.05) is 44.4 Å². The highest BCUT2D eigenvalue weighted by atomic mass is 16.6. The van der Waals surface area contributed by atoms with Crippen molar-refractivity contribution in [2.45, 2.75) is 33.2 Å². The summed E-state index contributed by atoms with van der Waals surface area (Å²) >= 11 is 0. The summed E-state index contributed by atoms with van der Waals surface area (Å²) in [6.45, 7) is 6.33. The van der Waals surface area contributed by atoms with Crippen LogP contribution in [0.4, 0.5) is 23.0 Å². The van der Waals surface area contributed by atoms with Gasteiger partial charge in [0, 0.05) is 80.5 Å². The number of nitro benzene ring substituents is 1. The molecule has 3 aromatic heterocycles. The van der Waals surface area contributed by atoms with Gasteiger partial charge in [0.2, 0.25) is 5.95 Å². The monoisotopic (exact) mass is 579 g/mol. The summed E-state index contributed by atoms with van der Waals surface area (Å²) in [6.07, 6.45) is 8.18. The van der Waals surface area contributed by atoms with Crippen molar-refractivity contribution in [3.05, 3.63) is 75.9 Å². The van der Waals surface area contributed by atoms with Gasteiger partial charge in [0.15, 0.2) is 0 Å². The minimum atomic E-state index is -0.333. The molecule has 6 rings (SSSR count). The van der Waals surface area contributed by atoms with Gasteiger partial charge in [-0.15, -0.1) is 0 Å². The highest BCUT2D eigenvalue weighted by Gasteiger charge is 2.24. The first-order chi connectivity index (χ1) is 20.6. The van der Waals surface area contributed by atoms with Crippen molar-refractivity contribution in [1.82, 2.24) is 29.2 Å². The number of hydrogen-bond donors (Lipinski definition) is 1. The van der Waals surface area contributed by atoms with E-state index in [-0.39, 0.29) is 10.6 Å². The number of aryl methyl sites for hydroxylation is 5. The van der Waals surface area contributed by atoms with E-state index < -0.39 is 0 Å². The fourth-order valence-electron chi connectivity index (χ4n) is 6.01. The number of hydrogen-bond acceptors (Lipinski definition) is 8. The Bertz CT molecular complexity index is 1850. The SMILES string of the molecule is Cc1cc(N(C)CCN(C)C)c([N+](=O)[O-])cc1Nc1ncc(-c2cn(C)nc2C)c(-c2cn3c4c(cccc24)CCC3)n1. The van der Waals surface area contributed by atoms with E-state index in [1.54, 1.807) is 10.7 Å². The molecule has 0 atom stereocenters. The van der Waals surface area contributed by atoms with Crippen molar-refractivity contribution in [2.24, 2.45) is 7.05 Å². The van der Waals surface area contributed by atoms with Crippen molar-refractivity contribution in [3.63, 3.8) is 0 Å².